The summed E-state index contributed by atoms with van der Waals surface area (Å²) in [6.45, 7) is 18.9. The molecule has 19 heavy (non-hydrogen) atoms. The van der Waals surface area contributed by atoms with Crippen LogP contribution in [0.3, 0.4) is 0 Å². The van der Waals surface area contributed by atoms with E-state index < -0.39 is 0 Å². The second-order valence-corrected chi connectivity index (χ2v) is 6.04. The largest absolute Gasteiger partial charge is 0.0891 e. The van der Waals surface area contributed by atoms with Crippen molar-refractivity contribution in [2.24, 2.45) is 5.92 Å². The molecule has 0 aromatic rings. The fraction of sp³-hybridized carbons (Fsp3) is 1.00. The molecule has 0 saturated heterocycles. The van der Waals surface area contributed by atoms with E-state index in [0.717, 1.165) is 10.7 Å². The Morgan fingerprint density at radius 1 is 0.842 bits per heavy atom. The van der Waals surface area contributed by atoms with E-state index in [0.29, 0.717) is 0 Å². The van der Waals surface area contributed by atoms with Gasteiger partial charge in [0.05, 0.1) is 0 Å². The van der Waals surface area contributed by atoms with Crippen molar-refractivity contribution < 1.29 is 0 Å². The third-order valence-electron chi connectivity index (χ3n) is 2.35. The molecule has 0 aromatic carbocycles. The Labute approximate surface area is 134 Å². The summed E-state index contributed by atoms with van der Waals surface area (Å²) in [5.41, 5.74) is 0. The van der Waals surface area contributed by atoms with E-state index in [-0.39, 0.29) is 0 Å². The molecule has 0 heterocycles. The van der Waals surface area contributed by atoms with Gasteiger partial charge in [-0.15, -0.1) is 0 Å². The maximum Gasteiger partial charge on any atom is 0.0145 e. The van der Waals surface area contributed by atoms with E-state index in [4.69, 9.17) is 0 Å². The first-order chi connectivity index (χ1) is 9.08. The van der Waals surface area contributed by atoms with Crippen LogP contribution in [0.5, 0.6) is 0 Å². The molecule has 1 aliphatic carbocycles. The first-order valence-corrected chi connectivity index (χ1v) is 9.63. The molecule has 1 heteroatoms. The monoisotopic (exact) mass is 338 g/mol. The predicted molar refractivity (Wildman–Crippen MR) is 99.6 cm³/mol. The third-order valence-corrected chi connectivity index (χ3v) is 3.27. The lowest BCUT2D eigenvalue weighted by atomic mass is 10.0. The Bertz CT molecular complexity index is 93.9. The van der Waals surface area contributed by atoms with Gasteiger partial charge in [-0.05, 0) is 18.8 Å². The van der Waals surface area contributed by atoms with Gasteiger partial charge in [-0.1, -0.05) is 110 Å². The lowest BCUT2D eigenvalue weighted by Crippen LogP contribution is -2.02. The van der Waals surface area contributed by atoms with Crippen molar-refractivity contribution in [3.63, 3.8) is 0 Å². The van der Waals surface area contributed by atoms with Crippen molar-refractivity contribution in [3.05, 3.63) is 0 Å². The highest BCUT2D eigenvalue weighted by atomic mass is 79.9. The second kappa shape index (κ2) is 31.1. The van der Waals surface area contributed by atoms with Crippen LogP contribution in [0.15, 0.2) is 0 Å². The van der Waals surface area contributed by atoms with Gasteiger partial charge in [-0.25, -0.2) is 0 Å². The van der Waals surface area contributed by atoms with Gasteiger partial charge >= 0.3 is 0 Å². The molecule has 0 aliphatic heterocycles. The molecule has 0 radical (unpaired) electrons. The van der Waals surface area contributed by atoms with Crippen molar-refractivity contribution in [1.82, 2.24) is 0 Å². The minimum atomic E-state index is 0.848. The average Bonchev–Trinajstić information content (AvgIpc) is 2.45. The van der Waals surface area contributed by atoms with Crippen LogP contribution in [0.4, 0.5) is 0 Å². The number of hydrogen-bond acceptors (Lipinski definition) is 0. The molecule has 0 unspecified atom stereocenters. The normalized spacial score (nSPS) is 13.4. The Hall–Kier alpha value is 0.480. The quantitative estimate of drug-likeness (QED) is 0.422. The van der Waals surface area contributed by atoms with Crippen molar-refractivity contribution >= 4 is 15.9 Å². The van der Waals surface area contributed by atoms with Gasteiger partial charge in [0.25, 0.3) is 0 Å². The molecule has 0 amide bonds. The lowest BCUT2D eigenvalue weighted by Gasteiger charge is -2.13. The average molecular weight is 339 g/mol. The van der Waals surface area contributed by atoms with Gasteiger partial charge in [0, 0.05) is 4.83 Å². The standard InChI is InChI=1S/C6H11Br.C5H12.C3H8.2C2H6/c7-6-4-2-1-3-5-6;1-4-5(2)3;1-3-2;2*1-2/h6H,1-5H2;5H,4H2,1-3H3;3H2,1-2H3;2*1-2H3. The molecule has 0 nitrogen and oxygen atoms in total. The summed E-state index contributed by atoms with van der Waals surface area (Å²) < 4.78 is 0. The smallest absolute Gasteiger partial charge is 0.0145 e. The van der Waals surface area contributed by atoms with Gasteiger partial charge in [0.15, 0.2) is 0 Å². The Morgan fingerprint density at radius 2 is 1.11 bits per heavy atom. The van der Waals surface area contributed by atoms with Crippen LogP contribution in [0.2, 0.25) is 0 Å². The van der Waals surface area contributed by atoms with E-state index >= 15 is 0 Å². The van der Waals surface area contributed by atoms with Crippen molar-refractivity contribution in [3.8, 4) is 0 Å². The zero-order chi connectivity index (χ0) is 16.1. The summed E-state index contributed by atoms with van der Waals surface area (Å²) in [6.07, 6.45) is 9.70. The zero-order valence-corrected chi connectivity index (χ0v) is 17.1. The first-order valence-electron chi connectivity index (χ1n) is 8.72. The Kier molecular flexibility index (Phi) is 45.4. The van der Waals surface area contributed by atoms with E-state index in [1.807, 2.05) is 27.7 Å². The zero-order valence-electron chi connectivity index (χ0n) is 15.5. The SMILES string of the molecule is BrC1CCCCC1.CC.CC.CCC.CCC(C)C. The maximum atomic E-state index is 3.59. The van der Waals surface area contributed by atoms with Crippen molar-refractivity contribution in [1.29, 1.82) is 0 Å². The van der Waals surface area contributed by atoms with Gasteiger partial charge in [0.2, 0.25) is 0 Å². The molecule has 1 saturated carbocycles. The molecule has 0 N–H and O–H groups in total. The Balaban J connectivity index is -0.0000000834. The number of halogens is 1. The fourth-order valence-corrected chi connectivity index (χ4v) is 1.70. The fourth-order valence-electron chi connectivity index (χ4n) is 1.05. The summed E-state index contributed by atoms with van der Waals surface area (Å²) in [7, 11) is 0. The molecule has 122 valence electrons. The molecule has 1 rings (SSSR count). The van der Waals surface area contributed by atoms with Crippen LogP contribution in [-0.4, -0.2) is 4.83 Å². The molecule has 0 atom stereocenters. The van der Waals surface area contributed by atoms with Gasteiger partial charge in [0.1, 0.15) is 0 Å². The number of rotatable bonds is 1. The molecule has 0 bridgehead atoms. The summed E-state index contributed by atoms with van der Waals surface area (Å²) in [4.78, 5) is 0.848. The summed E-state index contributed by atoms with van der Waals surface area (Å²) in [5.74, 6) is 0.884. The van der Waals surface area contributed by atoms with Crippen LogP contribution < -0.4 is 0 Å². The molecule has 1 fully saturated rings. The van der Waals surface area contributed by atoms with Gasteiger partial charge in [-0.2, -0.15) is 0 Å². The van der Waals surface area contributed by atoms with E-state index in [1.54, 1.807) is 0 Å². The van der Waals surface area contributed by atoms with Gasteiger partial charge in [-0.3, -0.25) is 0 Å². The minimum Gasteiger partial charge on any atom is -0.0891 e. The summed E-state index contributed by atoms with van der Waals surface area (Å²) in [6, 6.07) is 0. The highest BCUT2D eigenvalue weighted by Gasteiger charge is 2.07. The van der Waals surface area contributed by atoms with E-state index in [1.165, 1.54) is 44.9 Å². The van der Waals surface area contributed by atoms with Crippen molar-refractivity contribution in [2.75, 3.05) is 0 Å². The van der Waals surface area contributed by atoms with Crippen LogP contribution in [0, 0.1) is 5.92 Å². The summed E-state index contributed by atoms with van der Waals surface area (Å²) >= 11 is 3.59. The highest BCUT2D eigenvalue weighted by molar-refractivity contribution is 9.09. The summed E-state index contributed by atoms with van der Waals surface area (Å²) in [5, 5.41) is 0. The van der Waals surface area contributed by atoms with Crippen LogP contribution >= 0.6 is 15.9 Å². The third kappa shape index (κ3) is 45.7. The lowest BCUT2D eigenvalue weighted by molar-refractivity contribution is 0.521. The molecule has 0 aromatic heterocycles. The number of hydrogen-bond donors (Lipinski definition) is 0. The van der Waals surface area contributed by atoms with Gasteiger partial charge < -0.3 is 0 Å². The van der Waals surface area contributed by atoms with E-state index in [9.17, 15) is 0 Å². The first kappa shape index (κ1) is 27.8. The maximum absolute atomic E-state index is 3.59. The topological polar surface area (TPSA) is 0 Å². The van der Waals surface area contributed by atoms with Crippen LogP contribution in [0.1, 0.15) is 107 Å². The highest BCUT2D eigenvalue weighted by Crippen LogP contribution is 2.22. The van der Waals surface area contributed by atoms with Crippen LogP contribution in [-0.2, 0) is 0 Å². The second-order valence-electron chi connectivity index (χ2n) is 4.74. The van der Waals surface area contributed by atoms with E-state index in [2.05, 4.69) is 50.5 Å². The van der Waals surface area contributed by atoms with Crippen molar-refractivity contribution in [2.45, 2.75) is 112 Å². The molecule has 1 aliphatic rings. The predicted octanol–water partition coefficient (Wildman–Crippen LogP) is 8.24. The molecule has 0 spiro atoms. The number of alkyl halides is 1. The van der Waals surface area contributed by atoms with Crippen LogP contribution in [0.25, 0.3) is 0 Å². The molecular formula is C18H43Br. The Morgan fingerprint density at radius 3 is 1.21 bits per heavy atom. The minimum absolute atomic E-state index is 0.848. The molecular weight excluding hydrogens is 296 g/mol.